The second-order valence-corrected chi connectivity index (χ2v) is 5.44. The number of amides is 1. The van der Waals surface area contributed by atoms with Gasteiger partial charge < -0.3 is 10.4 Å². The van der Waals surface area contributed by atoms with Crippen LogP contribution in [0.2, 0.25) is 0 Å². The Bertz CT molecular complexity index is 739. The van der Waals surface area contributed by atoms with Crippen LogP contribution in [0.3, 0.4) is 0 Å². The number of thioether (sulfide) groups is 1. The molecule has 2 aromatic carbocycles. The monoisotopic (exact) mass is 296 g/mol. The molecule has 0 spiro atoms. The average Bonchev–Trinajstić information content (AvgIpc) is 2.80. The highest BCUT2D eigenvalue weighted by Gasteiger charge is 2.23. The van der Waals surface area contributed by atoms with Crippen LogP contribution < -0.4 is 5.32 Å². The van der Waals surface area contributed by atoms with Crippen molar-refractivity contribution in [2.24, 2.45) is 4.99 Å². The fourth-order valence-electron chi connectivity index (χ4n) is 1.87. The fraction of sp³-hybridized carbons (Fsp3) is 0. The molecule has 0 unspecified atom stereocenters. The molecule has 21 heavy (non-hydrogen) atoms. The summed E-state index contributed by atoms with van der Waals surface area (Å²) < 4.78 is 0. The van der Waals surface area contributed by atoms with Crippen molar-refractivity contribution in [2.75, 3.05) is 0 Å². The number of carbonyl (C=O) groups excluding carboxylic acids is 1. The van der Waals surface area contributed by atoms with Crippen LogP contribution in [0.5, 0.6) is 5.75 Å². The molecule has 0 radical (unpaired) electrons. The molecule has 104 valence electrons. The summed E-state index contributed by atoms with van der Waals surface area (Å²) in [6.07, 6.45) is 1.73. The van der Waals surface area contributed by atoms with Crippen LogP contribution in [0.4, 0.5) is 5.69 Å². The highest BCUT2D eigenvalue weighted by molar-refractivity contribution is 8.18. The van der Waals surface area contributed by atoms with Gasteiger partial charge >= 0.3 is 0 Å². The van der Waals surface area contributed by atoms with Gasteiger partial charge in [0.05, 0.1) is 10.6 Å². The first kappa shape index (κ1) is 13.5. The van der Waals surface area contributed by atoms with E-state index in [2.05, 4.69) is 10.3 Å². The zero-order valence-electron chi connectivity index (χ0n) is 11.0. The van der Waals surface area contributed by atoms with Crippen molar-refractivity contribution in [3.8, 4) is 5.75 Å². The van der Waals surface area contributed by atoms with Crippen LogP contribution in [0.25, 0.3) is 6.08 Å². The topological polar surface area (TPSA) is 61.7 Å². The third kappa shape index (κ3) is 3.32. The summed E-state index contributed by atoms with van der Waals surface area (Å²) >= 11 is 1.28. The number of rotatable bonds is 2. The van der Waals surface area contributed by atoms with E-state index in [0.29, 0.717) is 10.1 Å². The van der Waals surface area contributed by atoms with E-state index >= 15 is 0 Å². The summed E-state index contributed by atoms with van der Waals surface area (Å²) in [6, 6.07) is 16.2. The van der Waals surface area contributed by atoms with E-state index < -0.39 is 0 Å². The summed E-state index contributed by atoms with van der Waals surface area (Å²) in [5.74, 6) is -0.0102. The van der Waals surface area contributed by atoms with E-state index in [-0.39, 0.29) is 11.7 Å². The van der Waals surface area contributed by atoms with Gasteiger partial charge in [-0.2, -0.15) is 0 Å². The quantitative estimate of drug-likeness (QED) is 0.836. The average molecular weight is 296 g/mol. The van der Waals surface area contributed by atoms with Gasteiger partial charge in [0.2, 0.25) is 0 Å². The van der Waals surface area contributed by atoms with Gasteiger partial charge in [0.1, 0.15) is 5.75 Å². The first-order valence-corrected chi connectivity index (χ1v) is 7.16. The zero-order valence-corrected chi connectivity index (χ0v) is 11.8. The molecule has 2 aromatic rings. The number of para-hydroxylation sites is 1. The predicted molar refractivity (Wildman–Crippen MR) is 85.4 cm³/mol. The Morgan fingerprint density at radius 3 is 2.67 bits per heavy atom. The van der Waals surface area contributed by atoms with Crippen molar-refractivity contribution in [1.82, 2.24) is 5.32 Å². The number of carbonyl (C=O) groups is 1. The van der Waals surface area contributed by atoms with Gasteiger partial charge in [-0.1, -0.05) is 30.3 Å². The zero-order chi connectivity index (χ0) is 14.7. The van der Waals surface area contributed by atoms with Crippen LogP contribution in [0.15, 0.2) is 64.5 Å². The normalized spacial score (nSPS) is 18.2. The SMILES string of the molecule is O=C1NC(=Nc2ccccc2)SC1=Cc1cccc(O)c1. The molecule has 2 N–H and O–H groups in total. The van der Waals surface area contributed by atoms with E-state index in [1.807, 2.05) is 36.4 Å². The standard InChI is InChI=1S/C16H12N2O2S/c19-13-8-4-5-11(9-13)10-14-15(20)18-16(21-14)17-12-6-2-1-3-7-12/h1-10,19H,(H,17,18,20). The molecule has 1 aliphatic rings. The molecular formula is C16H12N2O2S. The Kier molecular flexibility index (Phi) is 3.75. The maximum absolute atomic E-state index is 11.9. The second kappa shape index (κ2) is 5.85. The Morgan fingerprint density at radius 1 is 1.10 bits per heavy atom. The number of hydrogen-bond acceptors (Lipinski definition) is 4. The summed E-state index contributed by atoms with van der Waals surface area (Å²) in [7, 11) is 0. The number of amidine groups is 1. The molecule has 0 atom stereocenters. The van der Waals surface area contributed by atoms with E-state index in [4.69, 9.17) is 0 Å². The number of nitrogens with zero attached hydrogens (tertiary/aromatic N) is 1. The minimum Gasteiger partial charge on any atom is -0.508 e. The highest BCUT2D eigenvalue weighted by Crippen LogP contribution is 2.28. The second-order valence-electron chi connectivity index (χ2n) is 4.41. The molecule has 0 bridgehead atoms. The number of phenols is 1. The van der Waals surface area contributed by atoms with Crippen LogP contribution in [-0.4, -0.2) is 16.2 Å². The number of nitrogens with one attached hydrogen (secondary N) is 1. The predicted octanol–water partition coefficient (Wildman–Crippen LogP) is 3.28. The summed E-state index contributed by atoms with van der Waals surface area (Å²) in [4.78, 5) is 16.8. The Balaban J connectivity index is 1.84. The molecule has 0 saturated carbocycles. The van der Waals surface area contributed by atoms with E-state index in [9.17, 15) is 9.90 Å². The molecule has 1 saturated heterocycles. The maximum Gasteiger partial charge on any atom is 0.264 e. The van der Waals surface area contributed by atoms with Gasteiger partial charge in [0, 0.05) is 0 Å². The fourth-order valence-corrected chi connectivity index (χ4v) is 2.71. The Morgan fingerprint density at radius 2 is 1.90 bits per heavy atom. The Labute approximate surface area is 126 Å². The van der Waals surface area contributed by atoms with Gasteiger partial charge in [0.15, 0.2) is 5.17 Å². The van der Waals surface area contributed by atoms with Gasteiger partial charge in [-0.3, -0.25) is 4.79 Å². The van der Waals surface area contributed by atoms with E-state index in [0.717, 1.165) is 11.3 Å². The maximum atomic E-state index is 11.9. The number of benzene rings is 2. The number of phenolic OH excluding ortho intramolecular Hbond substituents is 1. The minimum absolute atomic E-state index is 0.172. The first-order valence-electron chi connectivity index (χ1n) is 6.34. The molecule has 4 nitrogen and oxygen atoms in total. The van der Waals surface area contributed by atoms with Crippen LogP contribution in [0, 0.1) is 0 Å². The number of aliphatic imine (C=N–C) groups is 1. The van der Waals surface area contributed by atoms with Crippen molar-refractivity contribution in [1.29, 1.82) is 0 Å². The lowest BCUT2D eigenvalue weighted by atomic mass is 10.2. The molecule has 1 heterocycles. The van der Waals surface area contributed by atoms with Gasteiger partial charge in [0.25, 0.3) is 5.91 Å². The first-order chi connectivity index (χ1) is 10.2. The highest BCUT2D eigenvalue weighted by atomic mass is 32.2. The van der Waals surface area contributed by atoms with Crippen LogP contribution in [0.1, 0.15) is 5.56 Å². The van der Waals surface area contributed by atoms with Crippen LogP contribution >= 0.6 is 11.8 Å². The molecule has 0 aromatic heterocycles. The van der Waals surface area contributed by atoms with Crippen molar-refractivity contribution in [3.63, 3.8) is 0 Å². The number of aromatic hydroxyl groups is 1. The van der Waals surface area contributed by atoms with Gasteiger partial charge in [-0.15, -0.1) is 0 Å². The molecule has 5 heteroatoms. The lowest BCUT2D eigenvalue weighted by Gasteiger charge is -1.96. The van der Waals surface area contributed by atoms with E-state index in [1.165, 1.54) is 11.8 Å². The molecular weight excluding hydrogens is 284 g/mol. The van der Waals surface area contributed by atoms with Crippen molar-refractivity contribution < 1.29 is 9.90 Å². The molecule has 1 aliphatic heterocycles. The lowest BCUT2D eigenvalue weighted by molar-refractivity contribution is -0.115. The van der Waals surface area contributed by atoms with Crippen molar-refractivity contribution in [3.05, 3.63) is 65.1 Å². The van der Waals surface area contributed by atoms with Crippen molar-refractivity contribution >= 4 is 34.6 Å². The van der Waals surface area contributed by atoms with Gasteiger partial charge in [-0.25, -0.2) is 4.99 Å². The van der Waals surface area contributed by atoms with Crippen LogP contribution in [-0.2, 0) is 4.79 Å². The third-order valence-electron chi connectivity index (χ3n) is 2.81. The molecule has 1 amide bonds. The number of hydrogen-bond donors (Lipinski definition) is 2. The van der Waals surface area contributed by atoms with E-state index in [1.54, 1.807) is 24.3 Å². The third-order valence-corrected chi connectivity index (χ3v) is 3.72. The molecule has 1 fully saturated rings. The smallest absolute Gasteiger partial charge is 0.264 e. The van der Waals surface area contributed by atoms with Crippen molar-refractivity contribution in [2.45, 2.75) is 0 Å². The van der Waals surface area contributed by atoms with Gasteiger partial charge in [-0.05, 0) is 47.7 Å². The Hall–Kier alpha value is -2.53. The minimum atomic E-state index is -0.182. The largest absolute Gasteiger partial charge is 0.508 e. The molecule has 3 rings (SSSR count). The summed E-state index contributed by atoms with van der Waals surface area (Å²) in [6.45, 7) is 0. The summed E-state index contributed by atoms with van der Waals surface area (Å²) in [5, 5.41) is 12.7. The summed E-state index contributed by atoms with van der Waals surface area (Å²) in [5.41, 5.74) is 1.56. The lowest BCUT2D eigenvalue weighted by Crippen LogP contribution is -2.19. The molecule has 0 aliphatic carbocycles.